The van der Waals surface area contributed by atoms with E-state index in [0.29, 0.717) is 16.5 Å². The molecule has 0 aliphatic carbocycles. The molecule has 0 aliphatic heterocycles. The Morgan fingerprint density at radius 1 is 1.50 bits per heavy atom. The van der Waals surface area contributed by atoms with Crippen LogP contribution in [0.3, 0.4) is 0 Å². The summed E-state index contributed by atoms with van der Waals surface area (Å²) in [7, 11) is 0. The second-order valence-electron chi connectivity index (χ2n) is 4.02. The number of hydrogen-bond acceptors (Lipinski definition) is 4. The van der Waals surface area contributed by atoms with E-state index in [1.807, 2.05) is 0 Å². The van der Waals surface area contributed by atoms with Crippen molar-refractivity contribution in [2.24, 2.45) is 0 Å². The molecule has 1 N–H and O–H groups in total. The first-order chi connectivity index (χ1) is 8.50. The molecule has 0 spiro atoms. The Bertz CT molecular complexity index is 618. The molecule has 6 heteroatoms. The minimum Gasteiger partial charge on any atom is -0.381 e. The van der Waals surface area contributed by atoms with Crippen LogP contribution in [-0.4, -0.2) is 27.0 Å². The highest BCUT2D eigenvalue weighted by atomic mass is 16.6. The molecule has 2 aromatic rings. The van der Waals surface area contributed by atoms with E-state index in [1.165, 1.54) is 17.7 Å². The standard InChI is InChI=1S/C12H12N2O4/c1-8(15)13-6-10(12(16)7-14(17)18)9-4-2-3-5-11(9)13/h2-6,12,16H,7H2,1H3. The van der Waals surface area contributed by atoms with E-state index in [4.69, 9.17) is 0 Å². The lowest BCUT2D eigenvalue weighted by Gasteiger charge is -2.03. The van der Waals surface area contributed by atoms with Crippen LogP contribution in [0.4, 0.5) is 0 Å². The molecule has 2 rings (SSSR count). The number of benzene rings is 1. The number of nitrogens with zero attached hydrogens (tertiary/aromatic N) is 2. The van der Waals surface area contributed by atoms with Gasteiger partial charge in [-0.25, -0.2) is 0 Å². The first-order valence-electron chi connectivity index (χ1n) is 5.41. The highest BCUT2D eigenvalue weighted by Gasteiger charge is 2.20. The van der Waals surface area contributed by atoms with Gasteiger partial charge in [0.1, 0.15) is 6.10 Å². The van der Waals surface area contributed by atoms with Gasteiger partial charge in [0.05, 0.1) is 5.52 Å². The molecule has 94 valence electrons. The average Bonchev–Trinajstić information content (AvgIpc) is 2.67. The molecule has 18 heavy (non-hydrogen) atoms. The van der Waals surface area contributed by atoms with Crippen LogP contribution in [0.2, 0.25) is 0 Å². The summed E-state index contributed by atoms with van der Waals surface area (Å²) in [6, 6.07) is 6.99. The molecule has 0 fully saturated rings. The summed E-state index contributed by atoms with van der Waals surface area (Å²) in [5.74, 6) is -0.203. The second-order valence-corrected chi connectivity index (χ2v) is 4.02. The summed E-state index contributed by atoms with van der Waals surface area (Å²) in [5.41, 5.74) is 1.04. The number of carbonyl (C=O) groups excluding carboxylic acids is 1. The number of aliphatic hydroxyl groups is 1. The van der Waals surface area contributed by atoms with Crippen LogP contribution in [0.5, 0.6) is 0 Å². The predicted molar refractivity (Wildman–Crippen MR) is 65.1 cm³/mol. The molecule has 0 saturated carbocycles. The third-order valence-electron chi connectivity index (χ3n) is 2.76. The van der Waals surface area contributed by atoms with Gasteiger partial charge in [-0.1, -0.05) is 18.2 Å². The molecule has 0 saturated heterocycles. The molecule has 0 amide bonds. The Hall–Kier alpha value is -2.21. The minimum atomic E-state index is -1.22. The molecule has 1 aromatic heterocycles. The van der Waals surface area contributed by atoms with E-state index in [-0.39, 0.29) is 5.91 Å². The number of nitro groups is 1. The fourth-order valence-corrected chi connectivity index (χ4v) is 1.97. The van der Waals surface area contributed by atoms with Crippen LogP contribution in [0.1, 0.15) is 23.4 Å². The maximum absolute atomic E-state index is 11.5. The summed E-state index contributed by atoms with van der Waals surface area (Å²) < 4.78 is 1.38. The smallest absolute Gasteiger partial charge is 0.233 e. The van der Waals surface area contributed by atoms with Gasteiger partial charge in [-0.2, -0.15) is 0 Å². The molecule has 1 aromatic carbocycles. The van der Waals surface area contributed by atoms with Crippen LogP contribution in [0, 0.1) is 10.1 Å². The number of aliphatic hydroxyl groups excluding tert-OH is 1. The van der Waals surface area contributed by atoms with Crippen molar-refractivity contribution in [1.29, 1.82) is 0 Å². The van der Waals surface area contributed by atoms with E-state index in [1.54, 1.807) is 24.3 Å². The second kappa shape index (κ2) is 4.58. The van der Waals surface area contributed by atoms with E-state index in [2.05, 4.69) is 0 Å². The van der Waals surface area contributed by atoms with Gasteiger partial charge in [0.15, 0.2) is 0 Å². The average molecular weight is 248 g/mol. The SMILES string of the molecule is CC(=O)n1cc(C(O)C[N+](=O)[O-])c2ccccc21. The zero-order valence-electron chi connectivity index (χ0n) is 9.74. The maximum Gasteiger partial charge on any atom is 0.233 e. The number of aromatic nitrogens is 1. The molecule has 0 radical (unpaired) electrons. The van der Waals surface area contributed by atoms with E-state index in [0.717, 1.165) is 0 Å². The molecule has 6 nitrogen and oxygen atoms in total. The largest absolute Gasteiger partial charge is 0.381 e. The summed E-state index contributed by atoms with van der Waals surface area (Å²) in [5, 5.41) is 20.9. The molecular weight excluding hydrogens is 236 g/mol. The molecule has 1 heterocycles. The number of rotatable bonds is 3. The normalized spacial score (nSPS) is 12.6. The topological polar surface area (TPSA) is 85.4 Å². The van der Waals surface area contributed by atoms with Gasteiger partial charge in [-0.05, 0) is 6.07 Å². The summed E-state index contributed by atoms with van der Waals surface area (Å²) in [6.45, 7) is 0.821. The van der Waals surface area contributed by atoms with Crippen molar-refractivity contribution in [3.05, 3.63) is 46.1 Å². The van der Waals surface area contributed by atoms with E-state index < -0.39 is 17.6 Å². The lowest BCUT2D eigenvalue weighted by molar-refractivity contribution is -0.491. The Labute approximate surface area is 103 Å². The van der Waals surface area contributed by atoms with Crippen LogP contribution in [0.25, 0.3) is 10.9 Å². The van der Waals surface area contributed by atoms with E-state index in [9.17, 15) is 20.0 Å². The monoisotopic (exact) mass is 248 g/mol. The zero-order chi connectivity index (χ0) is 13.3. The zero-order valence-corrected chi connectivity index (χ0v) is 9.74. The highest BCUT2D eigenvalue weighted by molar-refractivity contribution is 5.93. The van der Waals surface area contributed by atoms with Gasteiger partial charge in [0.2, 0.25) is 12.5 Å². The highest BCUT2D eigenvalue weighted by Crippen LogP contribution is 2.26. The first-order valence-corrected chi connectivity index (χ1v) is 5.41. The van der Waals surface area contributed by atoms with Gasteiger partial charge >= 0.3 is 0 Å². The Morgan fingerprint density at radius 3 is 2.78 bits per heavy atom. The molecule has 1 atom stereocenters. The fourth-order valence-electron chi connectivity index (χ4n) is 1.97. The van der Waals surface area contributed by atoms with Crippen molar-refractivity contribution in [2.45, 2.75) is 13.0 Å². The number of para-hydroxylation sites is 1. The summed E-state index contributed by atoms with van der Waals surface area (Å²) in [6.07, 6.45) is 0.242. The van der Waals surface area contributed by atoms with Crippen LogP contribution in [-0.2, 0) is 0 Å². The van der Waals surface area contributed by atoms with Crippen molar-refractivity contribution >= 4 is 16.8 Å². The van der Waals surface area contributed by atoms with Gasteiger partial charge in [-0.15, -0.1) is 0 Å². The quantitative estimate of drug-likeness (QED) is 0.660. The summed E-state index contributed by atoms with van der Waals surface area (Å²) in [4.78, 5) is 21.3. The first kappa shape index (κ1) is 12.3. The Morgan fingerprint density at radius 2 is 2.17 bits per heavy atom. The van der Waals surface area contributed by atoms with Crippen molar-refractivity contribution in [3.8, 4) is 0 Å². The van der Waals surface area contributed by atoms with Gasteiger partial charge in [0.25, 0.3) is 0 Å². The predicted octanol–water partition coefficient (Wildman–Crippen LogP) is 1.61. The Balaban J connectivity index is 2.57. The third-order valence-corrected chi connectivity index (χ3v) is 2.76. The number of fused-ring (bicyclic) bond motifs is 1. The maximum atomic E-state index is 11.5. The summed E-state index contributed by atoms with van der Waals surface area (Å²) >= 11 is 0. The van der Waals surface area contributed by atoms with Crippen LogP contribution in [0.15, 0.2) is 30.5 Å². The van der Waals surface area contributed by atoms with Crippen molar-refractivity contribution in [2.75, 3.05) is 6.54 Å². The minimum absolute atomic E-state index is 0.203. The lowest BCUT2D eigenvalue weighted by Crippen LogP contribution is -2.11. The van der Waals surface area contributed by atoms with E-state index >= 15 is 0 Å². The number of carbonyl (C=O) groups is 1. The van der Waals surface area contributed by atoms with Crippen molar-refractivity contribution in [1.82, 2.24) is 4.57 Å². The van der Waals surface area contributed by atoms with Gasteiger partial charge < -0.3 is 5.11 Å². The van der Waals surface area contributed by atoms with Gasteiger partial charge in [0, 0.05) is 29.0 Å². The number of hydrogen-bond donors (Lipinski definition) is 1. The Kier molecular flexibility index (Phi) is 3.12. The van der Waals surface area contributed by atoms with Crippen molar-refractivity contribution in [3.63, 3.8) is 0 Å². The molecule has 0 bridgehead atoms. The third kappa shape index (κ3) is 2.10. The lowest BCUT2D eigenvalue weighted by atomic mass is 10.1. The van der Waals surface area contributed by atoms with Gasteiger partial charge in [-0.3, -0.25) is 19.5 Å². The fraction of sp³-hybridized carbons (Fsp3) is 0.250. The molecule has 1 unspecified atom stereocenters. The molecule has 0 aliphatic rings. The van der Waals surface area contributed by atoms with Crippen LogP contribution < -0.4 is 0 Å². The molecular formula is C12H12N2O4. The van der Waals surface area contributed by atoms with Crippen molar-refractivity contribution < 1.29 is 14.8 Å². The van der Waals surface area contributed by atoms with Crippen LogP contribution >= 0.6 is 0 Å².